The molecule has 1 saturated heterocycles. The van der Waals surface area contributed by atoms with Gasteiger partial charge in [-0.15, -0.1) is 0 Å². The first-order valence-electron chi connectivity index (χ1n) is 7.94. The Labute approximate surface area is 144 Å². The van der Waals surface area contributed by atoms with Gasteiger partial charge in [-0.1, -0.05) is 11.6 Å². The molecule has 1 aliphatic heterocycles. The highest BCUT2D eigenvalue weighted by Crippen LogP contribution is 2.27. The lowest BCUT2D eigenvalue weighted by Gasteiger charge is -2.30. The van der Waals surface area contributed by atoms with E-state index in [1.54, 1.807) is 12.4 Å². The number of aryl methyl sites for hydroxylation is 1. The lowest BCUT2D eigenvalue weighted by molar-refractivity contribution is 0.161. The molecule has 0 N–H and O–H groups in total. The van der Waals surface area contributed by atoms with Crippen LogP contribution in [-0.2, 0) is 0 Å². The molecule has 124 valence electrons. The van der Waals surface area contributed by atoms with Crippen LogP contribution in [0.25, 0.3) is 11.1 Å². The van der Waals surface area contributed by atoms with Crippen LogP contribution in [0.3, 0.4) is 0 Å². The summed E-state index contributed by atoms with van der Waals surface area (Å²) in [6, 6.07) is 6.11. The maximum absolute atomic E-state index is 6.00. The van der Waals surface area contributed by atoms with Gasteiger partial charge in [0.25, 0.3) is 6.01 Å². The molecule has 0 atom stereocenters. The number of benzene rings is 1. The van der Waals surface area contributed by atoms with E-state index in [9.17, 15) is 0 Å². The molecule has 0 unspecified atom stereocenters. The van der Waals surface area contributed by atoms with E-state index in [4.69, 9.17) is 20.8 Å². The van der Waals surface area contributed by atoms with Gasteiger partial charge >= 0.3 is 0 Å². The van der Waals surface area contributed by atoms with Crippen LogP contribution >= 0.6 is 11.6 Å². The van der Waals surface area contributed by atoms with Gasteiger partial charge in [0.2, 0.25) is 5.88 Å². The first-order valence-corrected chi connectivity index (χ1v) is 8.31. The maximum atomic E-state index is 6.00. The molecule has 0 aliphatic carbocycles. The number of hydrogen-bond donors (Lipinski definition) is 0. The van der Waals surface area contributed by atoms with Crippen molar-refractivity contribution >= 4 is 28.7 Å². The lowest BCUT2D eigenvalue weighted by atomic mass is 10.1. The van der Waals surface area contributed by atoms with E-state index in [-0.39, 0.29) is 6.10 Å². The van der Waals surface area contributed by atoms with Crippen molar-refractivity contribution < 1.29 is 9.15 Å². The normalized spacial score (nSPS) is 15.8. The van der Waals surface area contributed by atoms with Crippen molar-refractivity contribution in [2.75, 3.05) is 18.0 Å². The molecule has 0 bridgehead atoms. The monoisotopic (exact) mass is 344 g/mol. The summed E-state index contributed by atoms with van der Waals surface area (Å²) in [7, 11) is 0. The molecule has 0 amide bonds. The Morgan fingerprint density at radius 2 is 2.04 bits per heavy atom. The fourth-order valence-electron chi connectivity index (χ4n) is 2.86. The number of nitrogens with zero attached hydrogens (tertiary/aromatic N) is 4. The summed E-state index contributed by atoms with van der Waals surface area (Å²) in [4.78, 5) is 15.1. The van der Waals surface area contributed by atoms with Crippen LogP contribution in [-0.4, -0.2) is 34.1 Å². The van der Waals surface area contributed by atoms with Crippen molar-refractivity contribution in [1.29, 1.82) is 0 Å². The van der Waals surface area contributed by atoms with E-state index >= 15 is 0 Å². The zero-order valence-corrected chi connectivity index (χ0v) is 14.0. The molecule has 1 aliphatic rings. The van der Waals surface area contributed by atoms with Crippen molar-refractivity contribution in [3.05, 3.63) is 41.3 Å². The minimum atomic E-state index is 0.135. The van der Waals surface area contributed by atoms with Crippen LogP contribution in [0.4, 0.5) is 6.01 Å². The molecule has 3 heterocycles. The fourth-order valence-corrected chi connectivity index (χ4v) is 3.02. The second-order valence-electron chi connectivity index (χ2n) is 5.91. The zero-order chi connectivity index (χ0) is 16.5. The summed E-state index contributed by atoms with van der Waals surface area (Å²) < 4.78 is 11.8. The third kappa shape index (κ3) is 3.14. The van der Waals surface area contributed by atoms with Crippen molar-refractivity contribution in [3.63, 3.8) is 0 Å². The number of oxazole rings is 1. The second kappa shape index (κ2) is 6.28. The number of halogens is 1. The van der Waals surface area contributed by atoms with Gasteiger partial charge in [0.1, 0.15) is 11.6 Å². The van der Waals surface area contributed by atoms with E-state index < -0.39 is 0 Å². The fraction of sp³-hybridized carbons (Fsp3) is 0.353. The number of rotatable bonds is 3. The molecule has 2 aromatic heterocycles. The predicted molar refractivity (Wildman–Crippen MR) is 91.7 cm³/mol. The third-order valence-electron chi connectivity index (χ3n) is 4.07. The Morgan fingerprint density at radius 1 is 1.21 bits per heavy atom. The Hall–Kier alpha value is -2.34. The molecule has 7 heteroatoms. The highest BCUT2D eigenvalue weighted by molar-refractivity contribution is 6.31. The van der Waals surface area contributed by atoms with Crippen molar-refractivity contribution in [2.45, 2.75) is 25.9 Å². The number of aromatic nitrogens is 3. The van der Waals surface area contributed by atoms with Gasteiger partial charge in [0, 0.05) is 37.2 Å². The van der Waals surface area contributed by atoms with Crippen molar-refractivity contribution in [1.82, 2.24) is 15.0 Å². The minimum Gasteiger partial charge on any atom is -0.473 e. The van der Waals surface area contributed by atoms with Crippen molar-refractivity contribution in [3.8, 4) is 5.88 Å². The molecule has 6 nitrogen and oxygen atoms in total. The summed E-state index contributed by atoms with van der Waals surface area (Å²) in [6.07, 6.45) is 5.28. The van der Waals surface area contributed by atoms with Crippen LogP contribution in [0.1, 0.15) is 18.5 Å². The Bertz CT molecular complexity index is 859. The molecule has 0 radical (unpaired) electrons. The summed E-state index contributed by atoms with van der Waals surface area (Å²) >= 11 is 6.00. The van der Waals surface area contributed by atoms with Gasteiger partial charge in [-0.25, -0.2) is 4.98 Å². The molecular formula is C17H17ClN4O2. The molecule has 4 rings (SSSR count). The van der Waals surface area contributed by atoms with Gasteiger partial charge in [0.15, 0.2) is 5.58 Å². The molecule has 1 fully saturated rings. The largest absolute Gasteiger partial charge is 0.473 e. The average molecular weight is 345 g/mol. The summed E-state index contributed by atoms with van der Waals surface area (Å²) in [6.45, 7) is 3.55. The molecular weight excluding hydrogens is 328 g/mol. The number of piperidine rings is 1. The highest BCUT2D eigenvalue weighted by Gasteiger charge is 2.24. The quantitative estimate of drug-likeness (QED) is 0.723. The number of ether oxygens (including phenoxy) is 1. The van der Waals surface area contributed by atoms with Crippen LogP contribution in [0.15, 0.2) is 35.0 Å². The Kier molecular flexibility index (Phi) is 3.98. The average Bonchev–Trinajstić information content (AvgIpc) is 2.98. The van der Waals surface area contributed by atoms with Gasteiger partial charge < -0.3 is 14.1 Å². The summed E-state index contributed by atoms with van der Waals surface area (Å²) in [5.41, 5.74) is 2.39. The topological polar surface area (TPSA) is 64.3 Å². The first kappa shape index (κ1) is 15.2. The maximum Gasteiger partial charge on any atom is 0.298 e. The smallest absolute Gasteiger partial charge is 0.298 e. The Balaban J connectivity index is 1.41. The van der Waals surface area contributed by atoms with Gasteiger partial charge in [-0.2, -0.15) is 4.98 Å². The van der Waals surface area contributed by atoms with Crippen LogP contribution in [0, 0.1) is 6.92 Å². The molecule has 1 aromatic carbocycles. The van der Waals surface area contributed by atoms with Gasteiger partial charge in [-0.05, 0) is 25.1 Å². The van der Waals surface area contributed by atoms with Crippen LogP contribution in [0.2, 0.25) is 5.02 Å². The van der Waals surface area contributed by atoms with Crippen LogP contribution < -0.4 is 9.64 Å². The van der Waals surface area contributed by atoms with E-state index in [0.29, 0.717) is 16.9 Å². The summed E-state index contributed by atoms with van der Waals surface area (Å²) in [5.74, 6) is 0.588. The van der Waals surface area contributed by atoms with E-state index in [2.05, 4.69) is 19.9 Å². The third-order valence-corrected chi connectivity index (χ3v) is 4.31. The molecule has 24 heavy (non-hydrogen) atoms. The standard InChI is InChI=1S/C17H17ClN4O2/c1-11-9-19-10-16(20-11)23-13-4-6-22(7-5-13)17-21-14-8-12(18)2-3-15(14)24-17/h2-3,8-10,13H,4-7H2,1H3. The second-order valence-corrected chi connectivity index (χ2v) is 6.35. The Morgan fingerprint density at radius 3 is 2.83 bits per heavy atom. The predicted octanol–water partition coefficient (Wildman–Crippen LogP) is 3.63. The van der Waals surface area contributed by atoms with Gasteiger partial charge in [-0.3, -0.25) is 4.98 Å². The number of fused-ring (bicyclic) bond motifs is 1. The molecule has 0 saturated carbocycles. The van der Waals surface area contributed by atoms with Crippen LogP contribution in [0.5, 0.6) is 5.88 Å². The minimum absolute atomic E-state index is 0.135. The van der Waals surface area contributed by atoms with E-state index in [1.807, 2.05) is 25.1 Å². The molecule has 3 aromatic rings. The first-order chi connectivity index (χ1) is 11.7. The lowest BCUT2D eigenvalue weighted by Crippen LogP contribution is -2.38. The molecule has 0 spiro atoms. The van der Waals surface area contributed by atoms with Crippen molar-refractivity contribution in [2.24, 2.45) is 0 Å². The van der Waals surface area contributed by atoms with Gasteiger partial charge in [0.05, 0.1) is 11.9 Å². The summed E-state index contributed by atoms with van der Waals surface area (Å²) in [5, 5.41) is 0.661. The number of anilines is 1. The van der Waals surface area contributed by atoms with E-state index in [1.165, 1.54) is 0 Å². The SMILES string of the molecule is Cc1cncc(OC2CCN(c3nc4cc(Cl)ccc4o3)CC2)n1. The highest BCUT2D eigenvalue weighted by atomic mass is 35.5. The zero-order valence-electron chi connectivity index (χ0n) is 13.3. The van der Waals surface area contributed by atoms with E-state index in [0.717, 1.165) is 42.7 Å². The number of hydrogen-bond acceptors (Lipinski definition) is 6.